The van der Waals surface area contributed by atoms with E-state index in [0.29, 0.717) is 19.4 Å². The number of carboxylic acid groups (broad SMARTS) is 1. The van der Waals surface area contributed by atoms with E-state index in [1.54, 1.807) is 6.20 Å². The van der Waals surface area contributed by atoms with Crippen molar-refractivity contribution in [2.75, 3.05) is 12.4 Å². The summed E-state index contributed by atoms with van der Waals surface area (Å²) in [5.41, 5.74) is 0.372. The highest BCUT2D eigenvalue weighted by atomic mass is 16.5. The molecular weight excluding hydrogens is 316 g/mol. The van der Waals surface area contributed by atoms with Gasteiger partial charge in [-0.3, -0.25) is 19.1 Å². The van der Waals surface area contributed by atoms with Crippen LogP contribution in [-0.4, -0.2) is 51.9 Å². The topological polar surface area (TPSA) is 123 Å². The molecule has 0 aromatic carbocycles. The van der Waals surface area contributed by atoms with Gasteiger partial charge in [0.2, 0.25) is 5.91 Å². The summed E-state index contributed by atoms with van der Waals surface area (Å²) in [6.07, 6.45) is 2.08. The lowest BCUT2D eigenvalue weighted by Gasteiger charge is -2.23. The molecule has 130 valence electrons. The van der Waals surface area contributed by atoms with E-state index in [1.807, 2.05) is 6.92 Å². The molecule has 1 aromatic rings. The average Bonchev–Trinajstić information content (AvgIpc) is 3.27. The molecule has 2 amide bonds. The predicted molar refractivity (Wildman–Crippen MR) is 82.4 cm³/mol. The van der Waals surface area contributed by atoms with Crippen molar-refractivity contribution in [1.82, 2.24) is 15.1 Å². The molecule has 3 rings (SSSR count). The molecule has 4 atom stereocenters. The smallest absolute Gasteiger partial charge is 0.310 e. The maximum atomic E-state index is 12.7. The Kier molecular flexibility index (Phi) is 4.27. The molecule has 2 saturated heterocycles. The lowest BCUT2D eigenvalue weighted by Crippen LogP contribution is -2.41. The molecule has 2 aliphatic heterocycles. The summed E-state index contributed by atoms with van der Waals surface area (Å²) in [5, 5.41) is 18.7. The summed E-state index contributed by atoms with van der Waals surface area (Å²) in [6, 6.07) is 0. The van der Waals surface area contributed by atoms with Gasteiger partial charge >= 0.3 is 5.97 Å². The van der Waals surface area contributed by atoms with Gasteiger partial charge in [-0.2, -0.15) is 5.10 Å². The number of nitrogens with zero attached hydrogens (tertiary/aromatic N) is 2. The summed E-state index contributed by atoms with van der Waals surface area (Å²) >= 11 is 0. The number of hydrogen-bond acceptors (Lipinski definition) is 5. The molecule has 9 nitrogen and oxygen atoms in total. The second kappa shape index (κ2) is 6.23. The van der Waals surface area contributed by atoms with Gasteiger partial charge in [0.05, 0.1) is 29.7 Å². The Morgan fingerprint density at radius 1 is 1.33 bits per heavy atom. The van der Waals surface area contributed by atoms with E-state index in [9.17, 15) is 19.5 Å². The Balaban J connectivity index is 1.83. The second-order valence-corrected chi connectivity index (χ2v) is 6.00. The van der Waals surface area contributed by atoms with E-state index in [4.69, 9.17) is 4.74 Å². The summed E-state index contributed by atoms with van der Waals surface area (Å²) in [6.45, 7) is 2.39. The van der Waals surface area contributed by atoms with Crippen LogP contribution in [0.2, 0.25) is 0 Å². The van der Waals surface area contributed by atoms with Crippen molar-refractivity contribution in [3.05, 3.63) is 11.9 Å². The van der Waals surface area contributed by atoms with Crippen molar-refractivity contribution >= 4 is 23.5 Å². The Hall–Kier alpha value is -2.42. The fourth-order valence-corrected chi connectivity index (χ4v) is 3.50. The molecule has 0 spiro atoms. The molecule has 1 aromatic heterocycles. The van der Waals surface area contributed by atoms with Gasteiger partial charge in [-0.1, -0.05) is 0 Å². The van der Waals surface area contributed by atoms with Crippen molar-refractivity contribution < 1.29 is 24.2 Å². The zero-order valence-corrected chi connectivity index (χ0v) is 13.5. The standard InChI is InChI=1S/C15H20N4O5/c1-3-19-6-7(12(18-19)14(21)16-2)17-13(20)10-8-4-5-9(24-8)11(10)15(22)23/h6,8-11H,3-5H2,1-2H3,(H,16,21)(H,17,20)(H,22,23)/t8-,9-,10-,11-/m1/s1. The maximum absolute atomic E-state index is 12.7. The third-order valence-corrected chi connectivity index (χ3v) is 4.65. The first-order valence-corrected chi connectivity index (χ1v) is 7.95. The number of hydrogen-bond donors (Lipinski definition) is 3. The normalized spacial score (nSPS) is 27.9. The number of amides is 2. The van der Waals surface area contributed by atoms with Crippen LogP contribution in [0.15, 0.2) is 6.20 Å². The summed E-state index contributed by atoms with van der Waals surface area (Å²) in [4.78, 5) is 36.1. The molecule has 9 heteroatoms. The molecule has 2 aliphatic rings. The van der Waals surface area contributed by atoms with Crippen LogP contribution >= 0.6 is 0 Å². The third-order valence-electron chi connectivity index (χ3n) is 4.65. The Bertz CT molecular complexity index is 685. The van der Waals surface area contributed by atoms with Crippen molar-refractivity contribution in [2.45, 2.75) is 38.5 Å². The van der Waals surface area contributed by atoms with Crippen molar-refractivity contribution in [2.24, 2.45) is 11.8 Å². The largest absolute Gasteiger partial charge is 0.481 e. The molecule has 0 aliphatic carbocycles. The molecule has 0 unspecified atom stereocenters. The number of carbonyl (C=O) groups excluding carboxylic acids is 2. The number of fused-ring (bicyclic) bond motifs is 2. The van der Waals surface area contributed by atoms with Gasteiger partial charge in [-0.05, 0) is 19.8 Å². The second-order valence-electron chi connectivity index (χ2n) is 6.00. The van der Waals surface area contributed by atoms with Gasteiger partial charge in [-0.15, -0.1) is 0 Å². The number of nitrogens with one attached hydrogen (secondary N) is 2. The number of aryl methyl sites for hydroxylation is 1. The van der Waals surface area contributed by atoms with Gasteiger partial charge in [0, 0.05) is 19.8 Å². The average molecular weight is 336 g/mol. The fourth-order valence-electron chi connectivity index (χ4n) is 3.50. The quantitative estimate of drug-likeness (QED) is 0.700. The summed E-state index contributed by atoms with van der Waals surface area (Å²) in [7, 11) is 1.48. The number of ether oxygens (including phenoxy) is 1. The summed E-state index contributed by atoms with van der Waals surface area (Å²) in [5.74, 6) is -3.51. The zero-order valence-electron chi connectivity index (χ0n) is 13.5. The minimum absolute atomic E-state index is 0.101. The van der Waals surface area contributed by atoms with E-state index < -0.39 is 35.7 Å². The number of rotatable bonds is 5. The highest BCUT2D eigenvalue weighted by Gasteiger charge is 2.55. The molecule has 2 bridgehead atoms. The SMILES string of the molecule is CCn1cc(NC(=O)[C@H]2[C@H](C(=O)O)[C@H]3CC[C@H]2O3)c(C(=O)NC)n1. The van der Waals surface area contributed by atoms with Crippen LogP contribution in [0.25, 0.3) is 0 Å². The number of anilines is 1. The molecule has 3 N–H and O–H groups in total. The van der Waals surface area contributed by atoms with Crippen molar-refractivity contribution in [1.29, 1.82) is 0 Å². The molecule has 3 heterocycles. The van der Waals surface area contributed by atoms with Gasteiger partial charge in [-0.25, -0.2) is 0 Å². The van der Waals surface area contributed by atoms with E-state index in [1.165, 1.54) is 11.7 Å². The Morgan fingerprint density at radius 2 is 2.00 bits per heavy atom. The number of carboxylic acids is 1. The van der Waals surface area contributed by atoms with Gasteiger partial charge < -0.3 is 20.5 Å². The van der Waals surface area contributed by atoms with Crippen LogP contribution < -0.4 is 10.6 Å². The van der Waals surface area contributed by atoms with Crippen LogP contribution in [0.1, 0.15) is 30.3 Å². The van der Waals surface area contributed by atoms with Crippen molar-refractivity contribution in [3.8, 4) is 0 Å². The molecule has 2 fully saturated rings. The minimum atomic E-state index is -1.03. The van der Waals surface area contributed by atoms with E-state index >= 15 is 0 Å². The fraction of sp³-hybridized carbons (Fsp3) is 0.600. The number of aromatic nitrogens is 2. The minimum Gasteiger partial charge on any atom is -0.481 e. The number of carbonyl (C=O) groups is 3. The monoisotopic (exact) mass is 336 g/mol. The first-order valence-electron chi connectivity index (χ1n) is 7.95. The predicted octanol–water partition coefficient (Wildman–Crippen LogP) is 0.0793. The third kappa shape index (κ3) is 2.64. The lowest BCUT2D eigenvalue weighted by atomic mass is 9.78. The van der Waals surface area contributed by atoms with Crippen LogP contribution in [0.3, 0.4) is 0 Å². The van der Waals surface area contributed by atoms with Crippen molar-refractivity contribution in [3.63, 3.8) is 0 Å². The maximum Gasteiger partial charge on any atom is 0.310 e. The highest BCUT2D eigenvalue weighted by molar-refractivity contribution is 6.03. The molecule has 24 heavy (non-hydrogen) atoms. The van der Waals surface area contributed by atoms with Crippen LogP contribution in [0, 0.1) is 11.8 Å². The molecule has 0 radical (unpaired) electrons. The van der Waals surface area contributed by atoms with Gasteiger partial charge in [0.25, 0.3) is 5.91 Å². The Labute approximate surface area is 138 Å². The van der Waals surface area contributed by atoms with E-state index in [-0.39, 0.29) is 17.5 Å². The number of aliphatic carboxylic acids is 1. The first-order chi connectivity index (χ1) is 11.5. The van der Waals surface area contributed by atoms with Gasteiger partial charge in [0.1, 0.15) is 0 Å². The molecular formula is C15H20N4O5. The lowest BCUT2D eigenvalue weighted by molar-refractivity contribution is -0.147. The van der Waals surface area contributed by atoms with Crippen LogP contribution in [0.5, 0.6) is 0 Å². The van der Waals surface area contributed by atoms with Gasteiger partial charge in [0.15, 0.2) is 5.69 Å². The Morgan fingerprint density at radius 3 is 2.58 bits per heavy atom. The summed E-state index contributed by atoms with van der Waals surface area (Å²) < 4.78 is 7.13. The van der Waals surface area contributed by atoms with E-state index in [0.717, 1.165) is 0 Å². The zero-order chi connectivity index (χ0) is 17.4. The highest BCUT2D eigenvalue weighted by Crippen LogP contribution is 2.44. The van der Waals surface area contributed by atoms with Crippen LogP contribution in [0.4, 0.5) is 5.69 Å². The molecule has 0 saturated carbocycles. The van der Waals surface area contributed by atoms with Crippen LogP contribution in [-0.2, 0) is 20.9 Å². The first kappa shape index (κ1) is 16.4. The van der Waals surface area contributed by atoms with E-state index in [2.05, 4.69) is 15.7 Å².